The van der Waals surface area contributed by atoms with Crippen LogP contribution >= 0.6 is 0 Å². The minimum absolute atomic E-state index is 0.0197. The zero-order valence-electron chi connectivity index (χ0n) is 18.3. The average Bonchev–Trinajstić information content (AvgIpc) is 2.78. The lowest BCUT2D eigenvalue weighted by atomic mass is 10.2. The molecule has 1 rings (SSSR count). The molecule has 3 N–H and O–H groups in total. The molecule has 0 amide bonds. The van der Waals surface area contributed by atoms with Crippen molar-refractivity contribution in [2.24, 2.45) is 0 Å². The van der Waals surface area contributed by atoms with Gasteiger partial charge in [0.25, 0.3) is 30.1 Å². The number of hydrogen-bond acceptors (Lipinski definition) is 9. The summed E-state index contributed by atoms with van der Waals surface area (Å²) in [7, 11) is -15.6. The second-order valence-corrected chi connectivity index (χ2v) is 13.4. The van der Waals surface area contributed by atoms with Gasteiger partial charge in [0.15, 0.2) is 0 Å². The number of benzene rings is 1. The molecule has 15 heteroatoms. The van der Waals surface area contributed by atoms with Crippen LogP contribution in [0.3, 0.4) is 0 Å². The Labute approximate surface area is 200 Å². The van der Waals surface area contributed by atoms with Gasteiger partial charge in [0, 0.05) is 44.5 Å². The average molecular weight is 531 g/mol. The van der Waals surface area contributed by atoms with Crippen molar-refractivity contribution in [3.8, 4) is 18.2 Å². The summed E-state index contributed by atoms with van der Waals surface area (Å²) in [5.41, 5.74) is -0.552. The number of sulfonamides is 3. The van der Waals surface area contributed by atoms with E-state index >= 15 is 0 Å². The lowest BCUT2D eigenvalue weighted by Gasteiger charge is -2.33. The summed E-state index contributed by atoms with van der Waals surface area (Å²) in [6.45, 7) is -1.13. The normalized spacial score (nSPS) is 12.4. The van der Waals surface area contributed by atoms with Crippen LogP contribution in [0.25, 0.3) is 0 Å². The zero-order valence-corrected chi connectivity index (χ0v) is 20.7. The van der Waals surface area contributed by atoms with Crippen molar-refractivity contribution in [1.29, 1.82) is 15.8 Å². The number of nitrogens with zero attached hydrogens (tertiary/aromatic N) is 3. The molecule has 34 heavy (non-hydrogen) atoms. The van der Waals surface area contributed by atoms with Gasteiger partial charge in [0.1, 0.15) is 0 Å². The maximum absolute atomic E-state index is 13.6. The van der Waals surface area contributed by atoms with Crippen LogP contribution in [0.4, 0.5) is 0 Å². The third kappa shape index (κ3) is 6.73. The molecule has 0 aliphatic heterocycles. The van der Waals surface area contributed by atoms with Crippen molar-refractivity contribution in [2.75, 3.05) is 19.6 Å². The van der Waals surface area contributed by atoms with E-state index in [1.807, 2.05) is 32.4 Å². The highest BCUT2D eigenvalue weighted by molar-refractivity contribution is 8.23. The number of rotatable bonds is 16. The molecule has 0 aliphatic rings. The molecule has 0 fully saturated rings. The van der Waals surface area contributed by atoms with E-state index in [4.69, 9.17) is 15.8 Å². The molecule has 1 aromatic rings. The van der Waals surface area contributed by atoms with Gasteiger partial charge in [0.05, 0.1) is 18.2 Å². The van der Waals surface area contributed by atoms with E-state index < -0.39 is 39.0 Å². The Balaban J connectivity index is 3.77. The second-order valence-electron chi connectivity index (χ2n) is 6.90. The molecular weight excluding hydrogens is 504 g/mol. The standard InChI is InChI=1S/C19H26N6O6S3/c20-12-4-7-15-23-32(26,27)19(18-10-2-1-3-11-18,33(28,29)24-16-8-5-13-21)34(30,31)25-17-9-6-14-22/h1-3,10-11,23-25H,4-9,15-17H2. The molecule has 0 heterocycles. The molecule has 0 saturated heterocycles. The smallest absolute Gasteiger partial charge is 0.212 e. The molecule has 0 unspecified atom stereocenters. The Kier molecular flexibility index (Phi) is 11.6. The summed E-state index contributed by atoms with van der Waals surface area (Å²) in [6, 6.07) is 11.6. The van der Waals surface area contributed by atoms with Gasteiger partial charge in [-0.2, -0.15) is 15.8 Å². The van der Waals surface area contributed by atoms with Crippen molar-refractivity contribution in [2.45, 2.75) is 41.9 Å². The Morgan fingerprint density at radius 1 is 0.618 bits per heavy atom. The lowest BCUT2D eigenvalue weighted by Crippen LogP contribution is -2.61. The first-order valence-corrected chi connectivity index (χ1v) is 14.6. The van der Waals surface area contributed by atoms with E-state index in [0.29, 0.717) is 0 Å². The van der Waals surface area contributed by atoms with Gasteiger partial charge in [-0.3, -0.25) is 0 Å². The summed E-state index contributed by atoms with van der Waals surface area (Å²) in [6.07, 6.45) is -0.0683. The molecule has 0 saturated carbocycles. The van der Waals surface area contributed by atoms with Crippen LogP contribution in [-0.4, -0.2) is 44.9 Å². The minimum atomic E-state index is -5.21. The molecular formula is C19H26N6O6S3. The predicted octanol–water partition coefficient (Wildman–Crippen LogP) is 0.466. The SMILES string of the molecule is N#CCCCNS(=O)(=O)C(c1ccccc1)(S(=O)(=O)NCCCC#N)S(=O)(=O)NCCCC#N. The predicted molar refractivity (Wildman–Crippen MR) is 123 cm³/mol. The van der Waals surface area contributed by atoms with E-state index in [2.05, 4.69) is 0 Å². The van der Waals surface area contributed by atoms with Gasteiger partial charge in [-0.15, -0.1) is 0 Å². The molecule has 1 aromatic carbocycles. The van der Waals surface area contributed by atoms with E-state index in [1.54, 1.807) is 0 Å². The van der Waals surface area contributed by atoms with Crippen molar-refractivity contribution < 1.29 is 25.3 Å². The van der Waals surface area contributed by atoms with E-state index in [1.165, 1.54) is 18.2 Å². The lowest BCUT2D eigenvalue weighted by molar-refractivity contribution is 0.532. The molecule has 0 aromatic heterocycles. The minimum Gasteiger partial charge on any atom is -0.212 e. The van der Waals surface area contributed by atoms with Crippen LogP contribution in [0.1, 0.15) is 44.1 Å². The topological polar surface area (TPSA) is 210 Å². The van der Waals surface area contributed by atoms with Crippen LogP contribution in [-0.2, 0) is 33.5 Å². The van der Waals surface area contributed by atoms with Gasteiger partial charge < -0.3 is 0 Å². The first-order chi connectivity index (χ1) is 16.0. The van der Waals surface area contributed by atoms with Crippen molar-refractivity contribution in [3.05, 3.63) is 35.9 Å². The Bertz CT molecular complexity index is 1120. The number of nitriles is 3. The first kappa shape index (κ1) is 29.5. The van der Waals surface area contributed by atoms with Crippen molar-refractivity contribution >= 4 is 30.1 Å². The third-order valence-corrected chi connectivity index (χ3v) is 13.0. The summed E-state index contributed by atoms with van der Waals surface area (Å²) >= 11 is 0. The number of nitrogens with one attached hydrogen (secondary N) is 3. The van der Waals surface area contributed by atoms with Crippen LogP contribution in [0.5, 0.6) is 0 Å². The van der Waals surface area contributed by atoms with Gasteiger partial charge >= 0.3 is 3.41 Å². The van der Waals surface area contributed by atoms with Crippen LogP contribution in [0.2, 0.25) is 0 Å². The fourth-order valence-corrected chi connectivity index (χ4v) is 10.6. The Hall–Kier alpha value is -2.58. The monoisotopic (exact) mass is 530 g/mol. The third-order valence-electron chi connectivity index (χ3n) is 4.46. The largest absolute Gasteiger partial charge is 0.337 e. The second kappa shape index (κ2) is 13.3. The fraction of sp³-hybridized carbons (Fsp3) is 0.526. The zero-order chi connectivity index (χ0) is 25.7. The summed E-state index contributed by atoms with van der Waals surface area (Å²) in [5.74, 6) is 0. The Morgan fingerprint density at radius 2 is 0.941 bits per heavy atom. The van der Waals surface area contributed by atoms with Crippen LogP contribution < -0.4 is 14.2 Å². The molecule has 12 nitrogen and oxygen atoms in total. The molecule has 0 radical (unpaired) electrons. The fourth-order valence-electron chi connectivity index (χ4n) is 2.95. The van der Waals surface area contributed by atoms with E-state index in [9.17, 15) is 25.3 Å². The van der Waals surface area contributed by atoms with Gasteiger partial charge in [-0.25, -0.2) is 39.4 Å². The summed E-state index contributed by atoms with van der Waals surface area (Å²) < 4.78 is 83.8. The summed E-state index contributed by atoms with van der Waals surface area (Å²) in [5, 5.41) is 26.1. The maximum Gasteiger partial charge on any atom is 0.337 e. The van der Waals surface area contributed by atoms with E-state index in [-0.39, 0.29) is 58.2 Å². The van der Waals surface area contributed by atoms with Gasteiger partial charge in [-0.05, 0) is 19.3 Å². The highest BCUT2D eigenvalue weighted by atomic mass is 32.3. The van der Waals surface area contributed by atoms with E-state index in [0.717, 1.165) is 12.1 Å². The maximum atomic E-state index is 13.6. The molecule has 186 valence electrons. The highest BCUT2D eigenvalue weighted by Gasteiger charge is 2.66. The van der Waals surface area contributed by atoms with Gasteiger partial charge in [0.2, 0.25) is 0 Å². The van der Waals surface area contributed by atoms with Crippen LogP contribution in [0.15, 0.2) is 30.3 Å². The molecule has 0 atom stereocenters. The number of unbranched alkanes of at least 4 members (excludes halogenated alkanes) is 3. The summed E-state index contributed by atoms with van der Waals surface area (Å²) in [4.78, 5) is 0. The van der Waals surface area contributed by atoms with Crippen molar-refractivity contribution in [1.82, 2.24) is 14.2 Å². The molecule has 0 spiro atoms. The van der Waals surface area contributed by atoms with Crippen molar-refractivity contribution in [3.63, 3.8) is 0 Å². The molecule has 0 aliphatic carbocycles. The van der Waals surface area contributed by atoms with Crippen LogP contribution in [0, 0.1) is 34.0 Å². The highest BCUT2D eigenvalue weighted by Crippen LogP contribution is 2.40. The number of hydrogen-bond donors (Lipinski definition) is 3. The Morgan fingerprint density at radius 3 is 1.24 bits per heavy atom. The molecule has 0 bridgehead atoms. The quantitative estimate of drug-likeness (QED) is 0.253. The first-order valence-electron chi connectivity index (χ1n) is 10.2. The van der Waals surface area contributed by atoms with Gasteiger partial charge in [-0.1, -0.05) is 30.3 Å².